The number of esters is 1. The standard InChI is InChI=1S/C7H8N2O3/c1-2-12-7(11)6(10)9-5-3-4-8-9/h3-5H,2H2,1H3. The zero-order valence-corrected chi connectivity index (χ0v) is 6.56. The van der Waals surface area contributed by atoms with Crippen LogP contribution in [0.3, 0.4) is 0 Å². The largest absolute Gasteiger partial charge is 0.459 e. The predicted molar refractivity (Wildman–Crippen MR) is 39.5 cm³/mol. The third-order valence-electron chi connectivity index (χ3n) is 1.16. The lowest BCUT2D eigenvalue weighted by atomic mass is 10.6. The van der Waals surface area contributed by atoms with Gasteiger partial charge in [0.25, 0.3) is 0 Å². The van der Waals surface area contributed by atoms with Gasteiger partial charge >= 0.3 is 11.9 Å². The molecule has 0 amide bonds. The minimum absolute atomic E-state index is 0.186. The van der Waals surface area contributed by atoms with Crippen LogP contribution in [0.4, 0.5) is 0 Å². The first-order valence-electron chi connectivity index (χ1n) is 3.46. The fraction of sp³-hybridized carbons (Fsp3) is 0.286. The van der Waals surface area contributed by atoms with E-state index in [9.17, 15) is 9.59 Å². The van der Waals surface area contributed by atoms with Crippen LogP contribution >= 0.6 is 0 Å². The van der Waals surface area contributed by atoms with Crippen LogP contribution in [0.15, 0.2) is 18.5 Å². The highest BCUT2D eigenvalue weighted by molar-refractivity contribution is 6.33. The molecule has 0 unspecified atom stereocenters. The summed E-state index contributed by atoms with van der Waals surface area (Å²) in [6, 6.07) is 1.55. The zero-order valence-electron chi connectivity index (χ0n) is 6.56. The van der Waals surface area contributed by atoms with E-state index in [1.54, 1.807) is 13.0 Å². The summed E-state index contributed by atoms with van der Waals surface area (Å²) in [4.78, 5) is 21.8. The van der Waals surface area contributed by atoms with E-state index in [-0.39, 0.29) is 6.61 Å². The van der Waals surface area contributed by atoms with Crippen LogP contribution in [0.25, 0.3) is 0 Å². The normalized spacial score (nSPS) is 9.42. The van der Waals surface area contributed by atoms with Gasteiger partial charge in [0.1, 0.15) is 0 Å². The molecule has 0 atom stereocenters. The topological polar surface area (TPSA) is 61.2 Å². The van der Waals surface area contributed by atoms with Crippen molar-refractivity contribution in [1.29, 1.82) is 0 Å². The predicted octanol–water partition coefficient (Wildman–Crippen LogP) is 0.0864. The van der Waals surface area contributed by atoms with E-state index in [1.165, 1.54) is 12.4 Å². The molecule has 0 aliphatic rings. The van der Waals surface area contributed by atoms with Gasteiger partial charge in [-0.25, -0.2) is 4.79 Å². The molecule has 5 nitrogen and oxygen atoms in total. The molecule has 1 aromatic rings. The van der Waals surface area contributed by atoms with Crippen LogP contribution in [0, 0.1) is 0 Å². The smallest absolute Gasteiger partial charge is 0.399 e. The summed E-state index contributed by atoms with van der Waals surface area (Å²) >= 11 is 0. The molecule has 0 spiro atoms. The summed E-state index contributed by atoms with van der Waals surface area (Å²) in [6.45, 7) is 1.82. The summed E-state index contributed by atoms with van der Waals surface area (Å²) in [7, 11) is 0. The lowest BCUT2D eigenvalue weighted by Crippen LogP contribution is -2.24. The second-order valence-electron chi connectivity index (χ2n) is 1.98. The van der Waals surface area contributed by atoms with Crippen molar-refractivity contribution in [2.75, 3.05) is 6.61 Å². The van der Waals surface area contributed by atoms with Crippen molar-refractivity contribution in [1.82, 2.24) is 9.78 Å². The van der Waals surface area contributed by atoms with Crippen molar-refractivity contribution in [2.24, 2.45) is 0 Å². The van der Waals surface area contributed by atoms with Gasteiger partial charge in [0.15, 0.2) is 0 Å². The van der Waals surface area contributed by atoms with Gasteiger partial charge in [-0.1, -0.05) is 0 Å². The summed E-state index contributed by atoms with van der Waals surface area (Å²) in [5.74, 6) is -1.66. The maximum Gasteiger partial charge on any atom is 0.399 e. The van der Waals surface area contributed by atoms with Crippen molar-refractivity contribution in [3.8, 4) is 0 Å². The monoisotopic (exact) mass is 168 g/mol. The number of hydrogen-bond donors (Lipinski definition) is 0. The first kappa shape index (κ1) is 8.45. The molecular weight excluding hydrogens is 160 g/mol. The molecule has 0 saturated heterocycles. The van der Waals surface area contributed by atoms with Crippen LogP contribution in [0.1, 0.15) is 11.7 Å². The first-order valence-corrected chi connectivity index (χ1v) is 3.46. The second kappa shape index (κ2) is 3.66. The highest BCUT2D eigenvalue weighted by Crippen LogP contribution is 1.87. The third-order valence-corrected chi connectivity index (χ3v) is 1.16. The van der Waals surface area contributed by atoms with E-state index in [0.29, 0.717) is 0 Å². The second-order valence-corrected chi connectivity index (χ2v) is 1.98. The van der Waals surface area contributed by atoms with Crippen molar-refractivity contribution in [2.45, 2.75) is 6.92 Å². The minimum atomic E-state index is -0.888. The van der Waals surface area contributed by atoms with E-state index in [2.05, 4.69) is 9.84 Å². The fourth-order valence-corrected chi connectivity index (χ4v) is 0.675. The molecule has 0 saturated carbocycles. The lowest BCUT2D eigenvalue weighted by molar-refractivity contribution is -0.138. The Hall–Kier alpha value is -1.65. The number of carbonyl (C=O) groups excluding carboxylic acids is 2. The Balaban J connectivity index is 2.66. The molecule has 64 valence electrons. The Morgan fingerprint density at radius 3 is 2.83 bits per heavy atom. The molecule has 0 radical (unpaired) electrons. The van der Waals surface area contributed by atoms with E-state index >= 15 is 0 Å². The van der Waals surface area contributed by atoms with Gasteiger partial charge in [0.05, 0.1) is 6.61 Å². The summed E-state index contributed by atoms with van der Waals surface area (Å²) in [5.41, 5.74) is 0. The van der Waals surface area contributed by atoms with Crippen molar-refractivity contribution in [3.05, 3.63) is 18.5 Å². The van der Waals surface area contributed by atoms with Gasteiger partial charge in [-0.3, -0.25) is 4.79 Å². The SMILES string of the molecule is CCOC(=O)C(=O)n1cccn1. The molecule has 0 aliphatic heterocycles. The molecule has 0 N–H and O–H groups in total. The van der Waals surface area contributed by atoms with Crippen LogP contribution in [-0.4, -0.2) is 28.3 Å². The van der Waals surface area contributed by atoms with E-state index in [1.807, 2.05) is 0 Å². The molecule has 0 aromatic carbocycles. The number of carbonyl (C=O) groups is 2. The molecule has 1 aromatic heterocycles. The van der Waals surface area contributed by atoms with Crippen molar-refractivity contribution >= 4 is 11.9 Å². The Bertz CT molecular complexity index is 279. The highest BCUT2D eigenvalue weighted by Gasteiger charge is 2.16. The number of aromatic nitrogens is 2. The Labute approximate surface area is 68.9 Å². The van der Waals surface area contributed by atoms with E-state index in [4.69, 9.17) is 0 Å². The number of rotatable bonds is 1. The Morgan fingerprint density at radius 2 is 2.33 bits per heavy atom. The van der Waals surface area contributed by atoms with Gasteiger partial charge in [-0.05, 0) is 13.0 Å². The molecule has 1 heterocycles. The Kier molecular flexibility index (Phi) is 2.57. The number of nitrogens with zero attached hydrogens (tertiary/aromatic N) is 2. The summed E-state index contributed by atoms with van der Waals surface area (Å²) in [5, 5.41) is 3.59. The maximum absolute atomic E-state index is 11.0. The van der Waals surface area contributed by atoms with Crippen molar-refractivity contribution < 1.29 is 14.3 Å². The molecule has 0 aliphatic carbocycles. The van der Waals surface area contributed by atoms with Crippen LogP contribution in [-0.2, 0) is 9.53 Å². The van der Waals surface area contributed by atoms with Gasteiger partial charge in [-0.2, -0.15) is 9.78 Å². The summed E-state index contributed by atoms with van der Waals surface area (Å²) < 4.78 is 5.41. The molecule has 12 heavy (non-hydrogen) atoms. The minimum Gasteiger partial charge on any atom is -0.459 e. The van der Waals surface area contributed by atoms with Gasteiger partial charge < -0.3 is 4.74 Å². The van der Waals surface area contributed by atoms with Gasteiger partial charge in [0, 0.05) is 12.4 Å². The number of ether oxygens (including phenoxy) is 1. The lowest BCUT2D eigenvalue weighted by Gasteiger charge is -1.98. The molecular formula is C7H8N2O3. The van der Waals surface area contributed by atoms with E-state index in [0.717, 1.165) is 4.68 Å². The fourth-order valence-electron chi connectivity index (χ4n) is 0.675. The quantitative estimate of drug-likeness (QED) is 0.440. The maximum atomic E-state index is 11.0. The number of hydrogen-bond acceptors (Lipinski definition) is 4. The molecule has 0 fully saturated rings. The van der Waals surface area contributed by atoms with Crippen LogP contribution in [0.2, 0.25) is 0 Å². The average Bonchev–Trinajstić information content (AvgIpc) is 2.55. The highest BCUT2D eigenvalue weighted by atomic mass is 16.5. The summed E-state index contributed by atoms with van der Waals surface area (Å²) in [6.07, 6.45) is 2.80. The van der Waals surface area contributed by atoms with Crippen LogP contribution < -0.4 is 0 Å². The van der Waals surface area contributed by atoms with E-state index < -0.39 is 11.9 Å². The zero-order chi connectivity index (χ0) is 8.97. The van der Waals surface area contributed by atoms with Gasteiger partial charge in [0.2, 0.25) is 0 Å². The first-order chi connectivity index (χ1) is 5.75. The third kappa shape index (κ3) is 1.69. The molecule has 0 bridgehead atoms. The van der Waals surface area contributed by atoms with Gasteiger partial charge in [-0.15, -0.1) is 0 Å². The molecule has 5 heteroatoms. The molecule has 1 rings (SSSR count). The Morgan fingerprint density at radius 1 is 1.58 bits per heavy atom. The average molecular weight is 168 g/mol. The van der Waals surface area contributed by atoms with Crippen LogP contribution in [0.5, 0.6) is 0 Å². The van der Waals surface area contributed by atoms with Crippen molar-refractivity contribution in [3.63, 3.8) is 0 Å².